The second kappa shape index (κ2) is 40.1. The molecule has 0 saturated carbocycles. The molecule has 1 aromatic carbocycles. The number of rotatable bonds is 44. The van der Waals surface area contributed by atoms with Crippen molar-refractivity contribution in [3.63, 3.8) is 0 Å². The summed E-state index contributed by atoms with van der Waals surface area (Å²) in [6, 6.07) is 3.55. The van der Waals surface area contributed by atoms with Gasteiger partial charge in [-0.3, -0.25) is 56.5 Å². The van der Waals surface area contributed by atoms with Crippen LogP contribution in [-0.4, -0.2) is 152 Å². The molecule has 0 radical (unpaired) electrons. The summed E-state index contributed by atoms with van der Waals surface area (Å²) < 4.78 is 67.8. The van der Waals surface area contributed by atoms with Crippen molar-refractivity contribution in [2.24, 2.45) is 5.92 Å². The van der Waals surface area contributed by atoms with Crippen molar-refractivity contribution in [1.29, 1.82) is 0 Å². The number of ether oxygens (including phenoxy) is 4. The number of carbonyl (C=O) groups is 8. The number of Topliss-reactive ketones (excluding diaryl/α,β-unsaturated/α-hetero) is 2. The van der Waals surface area contributed by atoms with Crippen LogP contribution in [0.15, 0.2) is 48.6 Å². The standard InChI is InChI=1S/C50H80N4O21P2/c1-7-9-11-13-15-47(60)74-38(5)21-25-68-32-41(53-45(58)29-36(3)55)34-72-76(64,65)70-27-23-51-49(62)44(31-40-17-19-43(57)20-18-40)50(63)52-24-28-71-77(66,67)73-35-42(54-46(59)30-37(4)56)33-69-26-22-39(6)75-48(61)16-14-12-10-8-2/h7-10,17-20,38-39,41-42,44,57H,11-16,21-35H2,1-6H3,(H,51,62)(H,52,63)(H,53,58)(H,54,59)(H,64,65)(H,66,67)/b9-7-,10-8-/t38-,39-,41?,42?,44?/m1/s1. The normalized spacial score (nSPS) is 15.0. The van der Waals surface area contributed by atoms with E-state index < -0.39 is 133 Å². The number of phenols is 1. The summed E-state index contributed by atoms with van der Waals surface area (Å²) >= 11 is 0. The van der Waals surface area contributed by atoms with Gasteiger partial charge in [0.05, 0.1) is 77.8 Å². The molecule has 0 spiro atoms. The van der Waals surface area contributed by atoms with Crippen LogP contribution in [0.4, 0.5) is 0 Å². The zero-order chi connectivity index (χ0) is 57.7. The van der Waals surface area contributed by atoms with Gasteiger partial charge in [0.25, 0.3) is 0 Å². The average Bonchev–Trinajstić information content (AvgIpc) is 3.34. The summed E-state index contributed by atoms with van der Waals surface area (Å²) in [7, 11) is -9.69. The van der Waals surface area contributed by atoms with Gasteiger partial charge in [0, 0.05) is 38.8 Å². The number of allylic oxidation sites excluding steroid dienone is 4. The molecule has 0 fully saturated rings. The van der Waals surface area contributed by atoms with E-state index >= 15 is 0 Å². The number of ketones is 2. The summed E-state index contributed by atoms with van der Waals surface area (Å²) in [6.07, 6.45) is 9.44. The third kappa shape index (κ3) is 37.3. The first-order valence-electron chi connectivity index (χ1n) is 25.3. The number of amides is 4. The zero-order valence-electron chi connectivity index (χ0n) is 44.9. The van der Waals surface area contributed by atoms with E-state index in [0.717, 1.165) is 12.8 Å². The summed E-state index contributed by atoms with van der Waals surface area (Å²) in [6.45, 7) is 6.04. The van der Waals surface area contributed by atoms with Crippen molar-refractivity contribution in [1.82, 2.24) is 21.3 Å². The molecular formula is C50H80N4O21P2. The van der Waals surface area contributed by atoms with E-state index in [2.05, 4.69) is 21.3 Å². The van der Waals surface area contributed by atoms with Crippen molar-refractivity contribution in [2.45, 2.75) is 136 Å². The number of hydrogen-bond donors (Lipinski definition) is 7. The fourth-order valence-corrected chi connectivity index (χ4v) is 8.03. The minimum absolute atomic E-state index is 0.0763. The Bertz CT molecular complexity index is 2020. The van der Waals surface area contributed by atoms with E-state index in [1.807, 2.05) is 38.2 Å². The first-order chi connectivity index (χ1) is 36.4. The molecular weight excluding hydrogens is 1050 g/mol. The van der Waals surface area contributed by atoms with Gasteiger partial charge in [0.2, 0.25) is 23.6 Å². The van der Waals surface area contributed by atoms with Crippen molar-refractivity contribution >= 4 is 62.8 Å². The summed E-state index contributed by atoms with van der Waals surface area (Å²) in [5.41, 5.74) is 0.447. The molecule has 7 N–H and O–H groups in total. The number of phosphoric acid groups is 2. The Morgan fingerprint density at radius 2 is 1.00 bits per heavy atom. The zero-order valence-corrected chi connectivity index (χ0v) is 46.7. The van der Waals surface area contributed by atoms with E-state index in [1.165, 1.54) is 38.1 Å². The first-order valence-corrected chi connectivity index (χ1v) is 28.3. The van der Waals surface area contributed by atoms with Crippen LogP contribution >= 0.6 is 15.6 Å². The number of hydrogen-bond acceptors (Lipinski definition) is 19. The SMILES string of the molecule is C/C=C\CCCC(=O)O[C@H](C)CCOCC(COP(=O)(O)OCCNC(=O)C(Cc1ccc(O)cc1)C(=O)NCCOP(=O)(O)OCC(COCC[C@@H](C)OC(=O)CCC/C=C\C)NC(=O)CC(C)=O)NC(=O)CC(C)=O. The fourth-order valence-electron chi connectivity index (χ4n) is 6.50. The van der Waals surface area contributed by atoms with Crippen LogP contribution in [-0.2, 0) is 90.9 Å². The van der Waals surface area contributed by atoms with Crippen molar-refractivity contribution in [3.05, 3.63) is 54.1 Å². The topological polar surface area (TPSA) is 353 Å². The predicted octanol–water partition coefficient (Wildman–Crippen LogP) is 4.15. The number of phosphoric ester groups is 2. The van der Waals surface area contributed by atoms with E-state index in [-0.39, 0.29) is 63.4 Å². The highest BCUT2D eigenvalue weighted by atomic mass is 31.2. The van der Waals surface area contributed by atoms with E-state index in [9.17, 15) is 62.4 Å². The highest BCUT2D eigenvalue weighted by molar-refractivity contribution is 7.47. The number of benzene rings is 1. The molecule has 27 heteroatoms. The molecule has 1 rings (SSSR count). The Hall–Kier alpha value is -5.20. The van der Waals surface area contributed by atoms with Crippen LogP contribution in [0, 0.1) is 5.92 Å². The fraction of sp³-hybridized carbons (Fsp3) is 0.640. The summed E-state index contributed by atoms with van der Waals surface area (Å²) in [5.74, 6) is -6.26. The molecule has 0 bridgehead atoms. The quantitative estimate of drug-likeness (QED) is 0.0159. The van der Waals surface area contributed by atoms with Gasteiger partial charge in [-0.25, -0.2) is 9.13 Å². The lowest BCUT2D eigenvalue weighted by Crippen LogP contribution is -2.44. The Balaban J connectivity index is 2.79. The molecule has 25 nitrogen and oxygen atoms in total. The van der Waals surface area contributed by atoms with Crippen LogP contribution in [0.3, 0.4) is 0 Å². The van der Waals surface area contributed by atoms with Crippen molar-refractivity contribution in [2.75, 3.05) is 65.9 Å². The number of esters is 2. The van der Waals surface area contributed by atoms with Gasteiger partial charge in [-0.2, -0.15) is 0 Å². The number of nitrogens with one attached hydrogen (secondary N) is 4. The second-order valence-corrected chi connectivity index (χ2v) is 20.6. The van der Waals surface area contributed by atoms with Gasteiger partial charge >= 0.3 is 27.6 Å². The second-order valence-electron chi connectivity index (χ2n) is 17.7. The molecule has 1 aromatic rings. The lowest BCUT2D eigenvalue weighted by atomic mass is 9.97. The Morgan fingerprint density at radius 1 is 0.597 bits per heavy atom. The molecule has 4 amide bonds. The van der Waals surface area contributed by atoms with Crippen LogP contribution in [0.2, 0.25) is 0 Å². The number of phenolic OH excluding ortho intramolecular Hbond substituents is 1. The third-order valence-corrected chi connectivity index (χ3v) is 12.3. The van der Waals surface area contributed by atoms with Gasteiger partial charge in [-0.05, 0) is 91.3 Å². The lowest BCUT2D eigenvalue weighted by molar-refractivity contribution is -0.150. The third-order valence-electron chi connectivity index (χ3n) is 10.4. The van der Waals surface area contributed by atoms with Gasteiger partial charge in [0.15, 0.2) is 0 Å². The number of unbranched alkanes of at least 4 members (excludes halogenated alkanes) is 2. The smallest absolute Gasteiger partial charge is 0.472 e. The van der Waals surface area contributed by atoms with Gasteiger partial charge in [-0.15, -0.1) is 0 Å². The van der Waals surface area contributed by atoms with Gasteiger partial charge in [-0.1, -0.05) is 36.4 Å². The minimum atomic E-state index is -4.85. The van der Waals surface area contributed by atoms with Gasteiger partial charge in [0.1, 0.15) is 35.4 Å². The molecule has 0 saturated heterocycles. The molecule has 0 aliphatic carbocycles. The lowest BCUT2D eigenvalue weighted by Gasteiger charge is -2.21. The van der Waals surface area contributed by atoms with Crippen LogP contribution in [0.1, 0.15) is 111 Å². The van der Waals surface area contributed by atoms with Crippen molar-refractivity contribution in [3.8, 4) is 5.75 Å². The monoisotopic (exact) mass is 1130 g/mol. The Labute approximate surface area is 450 Å². The van der Waals surface area contributed by atoms with Crippen LogP contribution in [0.5, 0.6) is 5.75 Å². The van der Waals surface area contributed by atoms with E-state index in [0.29, 0.717) is 31.2 Å². The molecule has 0 aromatic heterocycles. The maximum Gasteiger partial charge on any atom is 0.472 e. The minimum Gasteiger partial charge on any atom is -0.508 e. The highest BCUT2D eigenvalue weighted by Gasteiger charge is 2.30. The van der Waals surface area contributed by atoms with E-state index in [4.69, 9.17) is 37.0 Å². The maximum atomic E-state index is 13.4. The van der Waals surface area contributed by atoms with Crippen LogP contribution < -0.4 is 21.3 Å². The Morgan fingerprint density at radius 3 is 1.38 bits per heavy atom. The van der Waals surface area contributed by atoms with Crippen LogP contribution in [0.25, 0.3) is 0 Å². The predicted molar refractivity (Wildman–Crippen MR) is 279 cm³/mol. The van der Waals surface area contributed by atoms with Gasteiger partial charge < -0.3 is 55.1 Å². The molecule has 6 atom stereocenters. The summed E-state index contributed by atoms with van der Waals surface area (Å²) in [5, 5.41) is 19.6. The molecule has 4 unspecified atom stereocenters. The largest absolute Gasteiger partial charge is 0.508 e. The first kappa shape index (κ1) is 69.8. The summed E-state index contributed by atoms with van der Waals surface area (Å²) in [4.78, 5) is 120. The number of carbonyl (C=O) groups excluding carboxylic acids is 8. The molecule has 0 aliphatic heterocycles. The number of aromatic hydroxyl groups is 1. The average molecular weight is 1140 g/mol. The Kier molecular flexibility index (Phi) is 36.3. The maximum absolute atomic E-state index is 13.4. The van der Waals surface area contributed by atoms with Crippen molar-refractivity contribution < 1.29 is 99.4 Å². The molecule has 77 heavy (non-hydrogen) atoms. The molecule has 0 heterocycles. The molecule has 0 aliphatic rings. The highest BCUT2D eigenvalue weighted by Crippen LogP contribution is 2.43. The van der Waals surface area contributed by atoms with E-state index in [1.54, 1.807) is 13.8 Å². The molecule has 436 valence electrons.